The van der Waals surface area contributed by atoms with Gasteiger partial charge < -0.3 is 0 Å². The molecule has 18 heavy (non-hydrogen) atoms. The maximum Gasteiger partial charge on any atom is 0.252 e. The van der Waals surface area contributed by atoms with Crippen LogP contribution in [0.1, 0.15) is 32.6 Å². The second-order valence-corrected chi connectivity index (χ2v) is 7.99. The van der Waals surface area contributed by atoms with Crippen molar-refractivity contribution in [2.45, 2.75) is 37.9 Å². The van der Waals surface area contributed by atoms with Gasteiger partial charge in [-0.3, -0.25) is 0 Å². The summed E-state index contributed by atoms with van der Waals surface area (Å²) in [6.07, 6.45) is 0. The summed E-state index contributed by atoms with van der Waals surface area (Å²) >= 11 is 1.02. The zero-order valence-corrected chi connectivity index (χ0v) is 12.7. The SMILES string of the molecule is CC(C)CN(C(C)C)S(=O)(=O)c1ccc(C#N)s1. The van der Waals surface area contributed by atoms with Gasteiger partial charge in [-0.1, -0.05) is 13.8 Å². The summed E-state index contributed by atoms with van der Waals surface area (Å²) in [6, 6.07) is 4.93. The lowest BCUT2D eigenvalue weighted by molar-refractivity contribution is 0.319. The van der Waals surface area contributed by atoms with Gasteiger partial charge in [0.05, 0.1) is 0 Å². The molecule has 0 bridgehead atoms. The summed E-state index contributed by atoms with van der Waals surface area (Å²) in [6.45, 7) is 8.18. The van der Waals surface area contributed by atoms with Crippen LogP contribution in [0.3, 0.4) is 0 Å². The molecule has 0 atom stereocenters. The van der Waals surface area contributed by atoms with Crippen LogP contribution in [0, 0.1) is 17.2 Å². The Kier molecular flexibility index (Phi) is 4.91. The average molecular weight is 286 g/mol. The van der Waals surface area contributed by atoms with E-state index in [0.29, 0.717) is 11.4 Å². The van der Waals surface area contributed by atoms with Gasteiger partial charge in [0.2, 0.25) is 0 Å². The Hall–Kier alpha value is -0.900. The summed E-state index contributed by atoms with van der Waals surface area (Å²) in [4.78, 5) is 0.418. The molecule has 1 rings (SSSR count). The molecule has 0 N–H and O–H groups in total. The predicted octanol–water partition coefficient (Wildman–Crippen LogP) is 2.67. The number of hydrogen-bond donors (Lipinski definition) is 0. The molecule has 6 heteroatoms. The summed E-state index contributed by atoms with van der Waals surface area (Å²) < 4.78 is 26.7. The van der Waals surface area contributed by atoms with Gasteiger partial charge in [-0.15, -0.1) is 11.3 Å². The minimum absolute atomic E-state index is 0.0926. The van der Waals surface area contributed by atoms with Gasteiger partial charge in [-0.2, -0.15) is 9.57 Å². The highest BCUT2D eigenvalue weighted by molar-refractivity contribution is 7.91. The molecule has 0 aliphatic rings. The number of nitrogens with zero attached hydrogens (tertiary/aromatic N) is 2. The fourth-order valence-electron chi connectivity index (χ4n) is 1.58. The van der Waals surface area contributed by atoms with Crippen LogP contribution in [-0.4, -0.2) is 25.3 Å². The summed E-state index contributed by atoms with van der Waals surface area (Å²) in [5.41, 5.74) is 0. The highest BCUT2D eigenvalue weighted by atomic mass is 32.2. The maximum atomic E-state index is 12.5. The van der Waals surface area contributed by atoms with Crippen molar-refractivity contribution in [2.24, 2.45) is 5.92 Å². The average Bonchev–Trinajstić information content (AvgIpc) is 2.74. The minimum atomic E-state index is -3.48. The molecule has 0 amide bonds. The first kappa shape index (κ1) is 15.2. The van der Waals surface area contributed by atoms with Crippen LogP contribution in [-0.2, 0) is 10.0 Å². The molecule has 0 saturated heterocycles. The van der Waals surface area contributed by atoms with Gasteiger partial charge in [-0.05, 0) is 31.9 Å². The molecule has 0 spiro atoms. The molecule has 1 aromatic heterocycles. The number of nitriles is 1. The fourth-order valence-corrected chi connectivity index (χ4v) is 4.61. The van der Waals surface area contributed by atoms with E-state index in [1.54, 1.807) is 6.07 Å². The second-order valence-electron chi connectivity index (χ2n) is 4.79. The van der Waals surface area contributed by atoms with E-state index in [-0.39, 0.29) is 16.2 Å². The van der Waals surface area contributed by atoms with E-state index in [1.807, 2.05) is 33.8 Å². The van der Waals surface area contributed by atoms with Gasteiger partial charge in [0.15, 0.2) is 0 Å². The number of sulfonamides is 1. The summed E-state index contributed by atoms with van der Waals surface area (Å²) in [5.74, 6) is 0.262. The van der Waals surface area contributed by atoms with Gasteiger partial charge in [-0.25, -0.2) is 8.42 Å². The molecule has 0 aromatic carbocycles. The van der Waals surface area contributed by atoms with E-state index in [1.165, 1.54) is 10.4 Å². The van der Waals surface area contributed by atoms with Crippen molar-refractivity contribution in [1.82, 2.24) is 4.31 Å². The molecule has 0 saturated carbocycles. The summed E-state index contributed by atoms with van der Waals surface area (Å²) in [7, 11) is -3.48. The topological polar surface area (TPSA) is 61.2 Å². The van der Waals surface area contributed by atoms with Gasteiger partial charge in [0.1, 0.15) is 15.2 Å². The van der Waals surface area contributed by atoms with Crippen LogP contribution in [0.15, 0.2) is 16.3 Å². The van der Waals surface area contributed by atoms with Crippen molar-refractivity contribution in [2.75, 3.05) is 6.54 Å². The van der Waals surface area contributed by atoms with E-state index in [4.69, 9.17) is 5.26 Å². The lowest BCUT2D eigenvalue weighted by Gasteiger charge is -2.26. The third kappa shape index (κ3) is 3.31. The molecular weight excluding hydrogens is 268 g/mol. The van der Waals surface area contributed by atoms with Crippen molar-refractivity contribution in [1.29, 1.82) is 5.26 Å². The van der Waals surface area contributed by atoms with Crippen LogP contribution in [0.5, 0.6) is 0 Å². The first-order valence-electron chi connectivity index (χ1n) is 5.80. The van der Waals surface area contributed by atoms with Crippen LogP contribution in [0.4, 0.5) is 0 Å². The third-order valence-electron chi connectivity index (χ3n) is 2.38. The van der Waals surface area contributed by atoms with E-state index in [9.17, 15) is 8.42 Å². The third-order valence-corrected chi connectivity index (χ3v) is 5.87. The zero-order valence-electron chi connectivity index (χ0n) is 11.0. The first-order valence-corrected chi connectivity index (χ1v) is 8.06. The lowest BCUT2D eigenvalue weighted by Crippen LogP contribution is -2.39. The monoisotopic (exact) mass is 286 g/mol. The Labute approximate surface area is 113 Å². The van der Waals surface area contributed by atoms with E-state index >= 15 is 0 Å². The molecule has 1 aromatic rings. The normalized spacial score (nSPS) is 12.3. The molecule has 0 unspecified atom stereocenters. The Morgan fingerprint density at radius 2 is 1.94 bits per heavy atom. The number of rotatable bonds is 5. The van der Waals surface area contributed by atoms with Gasteiger partial charge in [0.25, 0.3) is 10.0 Å². The van der Waals surface area contributed by atoms with Crippen LogP contribution in [0.25, 0.3) is 0 Å². The first-order chi connectivity index (χ1) is 8.28. The Bertz CT molecular complexity index is 539. The maximum absolute atomic E-state index is 12.5. The van der Waals surface area contributed by atoms with Crippen LogP contribution >= 0.6 is 11.3 Å². The quantitative estimate of drug-likeness (QED) is 0.836. The smallest absolute Gasteiger partial charge is 0.206 e. The molecule has 1 heterocycles. The molecule has 4 nitrogen and oxygen atoms in total. The lowest BCUT2D eigenvalue weighted by atomic mass is 10.2. The van der Waals surface area contributed by atoms with Gasteiger partial charge >= 0.3 is 0 Å². The molecule has 0 aliphatic heterocycles. The van der Waals surface area contributed by atoms with Gasteiger partial charge in [0, 0.05) is 12.6 Å². The summed E-state index contributed by atoms with van der Waals surface area (Å²) in [5, 5.41) is 8.76. The second kappa shape index (κ2) is 5.83. The zero-order chi connectivity index (χ0) is 13.9. The number of hydrogen-bond acceptors (Lipinski definition) is 4. The molecule has 0 fully saturated rings. The molecule has 100 valence electrons. The Morgan fingerprint density at radius 1 is 1.33 bits per heavy atom. The predicted molar refractivity (Wildman–Crippen MR) is 72.9 cm³/mol. The highest BCUT2D eigenvalue weighted by Crippen LogP contribution is 2.26. The number of thiophene rings is 1. The van der Waals surface area contributed by atoms with E-state index in [2.05, 4.69) is 0 Å². The van der Waals surface area contributed by atoms with Crippen molar-refractivity contribution in [3.63, 3.8) is 0 Å². The van der Waals surface area contributed by atoms with Crippen molar-refractivity contribution in [3.8, 4) is 6.07 Å². The standard InChI is InChI=1S/C12H18N2O2S2/c1-9(2)8-14(10(3)4)18(15,16)12-6-5-11(7-13)17-12/h5-6,9-10H,8H2,1-4H3. The molecule has 0 aliphatic carbocycles. The largest absolute Gasteiger partial charge is 0.252 e. The molecular formula is C12H18N2O2S2. The fraction of sp³-hybridized carbons (Fsp3) is 0.583. The van der Waals surface area contributed by atoms with Crippen molar-refractivity contribution < 1.29 is 8.42 Å². The van der Waals surface area contributed by atoms with Crippen LogP contribution < -0.4 is 0 Å². The van der Waals surface area contributed by atoms with Crippen molar-refractivity contribution in [3.05, 3.63) is 17.0 Å². The van der Waals surface area contributed by atoms with E-state index < -0.39 is 10.0 Å². The van der Waals surface area contributed by atoms with Crippen molar-refractivity contribution >= 4 is 21.4 Å². The Balaban J connectivity index is 3.13. The van der Waals surface area contributed by atoms with Crippen LogP contribution in [0.2, 0.25) is 0 Å². The molecule has 0 radical (unpaired) electrons. The van der Waals surface area contributed by atoms with E-state index in [0.717, 1.165) is 11.3 Å². The highest BCUT2D eigenvalue weighted by Gasteiger charge is 2.28. The Morgan fingerprint density at radius 3 is 2.33 bits per heavy atom. The minimum Gasteiger partial charge on any atom is -0.206 e.